The second-order valence-corrected chi connectivity index (χ2v) is 15.5. The van der Waals surface area contributed by atoms with Crippen LogP contribution in [0, 0.1) is 0 Å². The topological polar surface area (TPSA) is 19.6 Å². The summed E-state index contributed by atoms with van der Waals surface area (Å²) in [5.41, 5.74) is 17.0. The van der Waals surface area contributed by atoms with Crippen LogP contribution in [0.3, 0.4) is 0 Å². The van der Waals surface area contributed by atoms with Crippen LogP contribution in [0.25, 0.3) is 44.2 Å². The Balaban J connectivity index is 1.24. The maximum atomic E-state index is 6.70. The van der Waals surface area contributed by atoms with Gasteiger partial charge >= 0.3 is 0 Å². The SMILES string of the molecule is C1=CCC(N(c2ccccc2)c2cc(N(c3ccccc3)c3ccccc3)cc3c2-c2ccccc2C32c3ccccc3-c3cc4c(cc32)oc2ccccc24)C=C1. The molecule has 3 nitrogen and oxygen atoms in total. The Morgan fingerprint density at radius 3 is 1.78 bits per heavy atom. The molecule has 9 aromatic rings. The van der Waals surface area contributed by atoms with Crippen molar-refractivity contribution in [1.29, 1.82) is 0 Å². The van der Waals surface area contributed by atoms with Crippen molar-refractivity contribution in [3.05, 3.63) is 235 Å². The van der Waals surface area contributed by atoms with E-state index in [4.69, 9.17) is 4.42 Å². The van der Waals surface area contributed by atoms with Gasteiger partial charge in [0.15, 0.2) is 0 Å². The highest BCUT2D eigenvalue weighted by Gasteiger charge is 2.53. The summed E-state index contributed by atoms with van der Waals surface area (Å²) in [6.07, 6.45) is 9.91. The highest BCUT2D eigenvalue weighted by Crippen LogP contribution is 2.66. The molecule has 0 saturated heterocycles. The largest absolute Gasteiger partial charge is 0.456 e. The van der Waals surface area contributed by atoms with Gasteiger partial charge in [-0.15, -0.1) is 0 Å². The average molecular weight is 743 g/mol. The minimum absolute atomic E-state index is 0.107. The Hall–Kier alpha value is -7.36. The highest BCUT2D eigenvalue weighted by atomic mass is 16.3. The molecular formula is C55H38N2O. The summed E-state index contributed by atoms with van der Waals surface area (Å²) in [6.45, 7) is 0. The van der Waals surface area contributed by atoms with Crippen LogP contribution < -0.4 is 9.80 Å². The Morgan fingerprint density at radius 2 is 1.07 bits per heavy atom. The Morgan fingerprint density at radius 1 is 0.448 bits per heavy atom. The fourth-order valence-corrected chi connectivity index (χ4v) is 10.2. The maximum absolute atomic E-state index is 6.70. The molecule has 12 rings (SSSR count). The summed E-state index contributed by atoms with van der Waals surface area (Å²) in [5, 5.41) is 2.29. The van der Waals surface area contributed by atoms with E-state index < -0.39 is 5.41 Å². The number of allylic oxidation sites excluding steroid dienone is 2. The third kappa shape index (κ3) is 4.68. The number of benzene rings is 8. The van der Waals surface area contributed by atoms with Crippen LogP contribution in [0.2, 0.25) is 0 Å². The molecule has 1 heterocycles. The number of hydrogen-bond donors (Lipinski definition) is 0. The predicted molar refractivity (Wildman–Crippen MR) is 240 cm³/mol. The van der Waals surface area contributed by atoms with Crippen molar-refractivity contribution in [2.24, 2.45) is 0 Å². The number of fused-ring (bicyclic) bond motifs is 13. The van der Waals surface area contributed by atoms with E-state index in [0.29, 0.717) is 0 Å². The third-order valence-electron chi connectivity index (χ3n) is 12.5. The van der Waals surface area contributed by atoms with Crippen molar-refractivity contribution in [1.82, 2.24) is 0 Å². The molecule has 0 bridgehead atoms. The normalized spacial score (nSPS) is 17.0. The third-order valence-corrected chi connectivity index (χ3v) is 12.5. The molecule has 1 aromatic heterocycles. The fourth-order valence-electron chi connectivity index (χ4n) is 10.2. The Kier molecular flexibility index (Phi) is 7.27. The van der Waals surface area contributed by atoms with Gasteiger partial charge < -0.3 is 14.2 Å². The van der Waals surface area contributed by atoms with Crippen molar-refractivity contribution in [3.8, 4) is 22.3 Å². The van der Waals surface area contributed by atoms with Crippen LogP contribution in [0.1, 0.15) is 28.7 Å². The van der Waals surface area contributed by atoms with E-state index in [2.05, 4.69) is 222 Å². The predicted octanol–water partition coefficient (Wildman–Crippen LogP) is 14.4. The van der Waals surface area contributed by atoms with E-state index in [1.54, 1.807) is 0 Å². The lowest BCUT2D eigenvalue weighted by Crippen LogP contribution is -2.31. The molecule has 1 spiro atoms. The standard InChI is InChI=1S/C55H38N2O/c1-5-19-37(20-6-1)56(38-21-7-2-8-22-38)41-33-50-54(51(34-41)57(39-23-9-3-10-24-39)40-25-11-4-12-26-40)44-29-14-17-31-48(44)55(50)47-30-16-13-27-42(47)45-35-46-43-28-15-18-32-52(43)58-53(46)36-49(45)55/h1-25,27-36,40H,26H2. The number of para-hydroxylation sites is 4. The first-order valence-corrected chi connectivity index (χ1v) is 20.2. The summed E-state index contributed by atoms with van der Waals surface area (Å²) in [6, 6.07) is 69.0. The van der Waals surface area contributed by atoms with E-state index in [0.717, 1.165) is 51.1 Å². The first-order chi connectivity index (χ1) is 28.8. The lowest BCUT2D eigenvalue weighted by atomic mass is 9.70. The molecular weight excluding hydrogens is 705 g/mol. The van der Waals surface area contributed by atoms with Gasteiger partial charge in [-0.2, -0.15) is 0 Å². The summed E-state index contributed by atoms with van der Waals surface area (Å²) < 4.78 is 6.70. The lowest BCUT2D eigenvalue weighted by molar-refractivity contribution is 0.666. The van der Waals surface area contributed by atoms with Crippen LogP contribution in [0.15, 0.2) is 217 Å². The molecule has 0 amide bonds. The molecule has 0 N–H and O–H groups in total. The van der Waals surface area contributed by atoms with E-state index in [-0.39, 0.29) is 6.04 Å². The first kappa shape index (κ1) is 32.8. The fraction of sp³-hybridized carbons (Fsp3) is 0.0545. The van der Waals surface area contributed by atoms with E-state index in [1.165, 1.54) is 50.2 Å². The zero-order chi connectivity index (χ0) is 38.2. The van der Waals surface area contributed by atoms with Gasteiger partial charge in [0.05, 0.1) is 17.1 Å². The van der Waals surface area contributed by atoms with Crippen molar-refractivity contribution in [2.45, 2.75) is 17.9 Å². The monoisotopic (exact) mass is 742 g/mol. The van der Waals surface area contributed by atoms with Gasteiger partial charge in [-0.25, -0.2) is 0 Å². The van der Waals surface area contributed by atoms with Crippen LogP contribution in [-0.2, 0) is 5.41 Å². The Labute approximate surface area is 338 Å². The molecule has 8 aromatic carbocycles. The summed E-state index contributed by atoms with van der Waals surface area (Å²) in [7, 11) is 0. The Bertz CT molecular complexity index is 3070. The van der Waals surface area contributed by atoms with Gasteiger partial charge in [0.2, 0.25) is 0 Å². The smallest absolute Gasteiger partial charge is 0.135 e. The van der Waals surface area contributed by atoms with Crippen LogP contribution in [-0.4, -0.2) is 6.04 Å². The molecule has 3 aliphatic carbocycles. The van der Waals surface area contributed by atoms with Gasteiger partial charge in [0.25, 0.3) is 0 Å². The van der Waals surface area contributed by atoms with E-state index in [9.17, 15) is 0 Å². The molecule has 58 heavy (non-hydrogen) atoms. The molecule has 0 saturated carbocycles. The van der Waals surface area contributed by atoms with E-state index in [1.807, 2.05) is 0 Å². The van der Waals surface area contributed by atoms with Gasteiger partial charge in [-0.05, 0) is 112 Å². The number of hydrogen-bond acceptors (Lipinski definition) is 3. The van der Waals surface area contributed by atoms with Crippen LogP contribution in [0.5, 0.6) is 0 Å². The quantitative estimate of drug-likeness (QED) is 0.169. The minimum atomic E-state index is -0.612. The molecule has 3 heteroatoms. The maximum Gasteiger partial charge on any atom is 0.135 e. The molecule has 0 radical (unpaired) electrons. The lowest BCUT2D eigenvalue weighted by Gasteiger charge is -2.37. The van der Waals surface area contributed by atoms with Gasteiger partial charge in [0, 0.05) is 39.1 Å². The molecule has 0 fully saturated rings. The van der Waals surface area contributed by atoms with Gasteiger partial charge in [-0.3, -0.25) is 0 Å². The number of nitrogens with zero attached hydrogens (tertiary/aromatic N) is 2. The second-order valence-electron chi connectivity index (χ2n) is 15.5. The zero-order valence-electron chi connectivity index (χ0n) is 31.8. The number of furan rings is 1. The molecule has 2 atom stereocenters. The molecule has 3 aliphatic rings. The minimum Gasteiger partial charge on any atom is -0.456 e. The summed E-state index contributed by atoms with van der Waals surface area (Å²) in [5.74, 6) is 0. The average Bonchev–Trinajstić information content (AvgIpc) is 3.91. The number of anilines is 5. The van der Waals surface area contributed by atoms with Gasteiger partial charge in [0.1, 0.15) is 11.2 Å². The zero-order valence-corrected chi connectivity index (χ0v) is 31.8. The van der Waals surface area contributed by atoms with E-state index >= 15 is 0 Å². The first-order valence-electron chi connectivity index (χ1n) is 20.2. The van der Waals surface area contributed by atoms with Crippen molar-refractivity contribution in [2.75, 3.05) is 9.80 Å². The van der Waals surface area contributed by atoms with Gasteiger partial charge in [-0.1, -0.05) is 146 Å². The molecule has 274 valence electrons. The highest BCUT2D eigenvalue weighted by molar-refractivity contribution is 6.10. The summed E-state index contributed by atoms with van der Waals surface area (Å²) >= 11 is 0. The molecule has 0 aliphatic heterocycles. The van der Waals surface area contributed by atoms with Crippen LogP contribution >= 0.6 is 0 Å². The van der Waals surface area contributed by atoms with Crippen molar-refractivity contribution in [3.63, 3.8) is 0 Å². The van der Waals surface area contributed by atoms with Crippen molar-refractivity contribution < 1.29 is 4.42 Å². The number of rotatable bonds is 6. The molecule has 2 unspecified atom stereocenters. The summed E-state index contributed by atoms with van der Waals surface area (Å²) in [4.78, 5) is 5.00. The van der Waals surface area contributed by atoms with Crippen LogP contribution in [0.4, 0.5) is 28.4 Å². The van der Waals surface area contributed by atoms with Crippen molar-refractivity contribution >= 4 is 50.4 Å². The second kappa shape index (κ2) is 12.8.